The lowest BCUT2D eigenvalue weighted by Crippen LogP contribution is -2.42. The molecular weight excluding hydrogens is 384 g/mol. The average molecular weight is 409 g/mol. The van der Waals surface area contributed by atoms with Crippen molar-refractivity contribution in [2.24, 2.45) is 5.92 Å². The van der Waals surface area contributed by atoms with Crippen molar-refractivity contribution in [1.82, 2.24) is 9.62 Å². The lowest BCUT2D eigenvalue weighted by Gasteiger charge is -2.30. The number of amides is 1. The smallest absolute Gasteiger partial charge is 0.243 e. The lowest BCUT2D eigenvalue weighted by atomic mass is 9.97. The van der Waals surface area contributed by atoms with Crippen LogP contribution in [-0.2, 0) is 21.4 Å². The molecule has 5 nitrogen and oxygen atoms in total. The highest BCUT2D eigenvalue weighted by Crippen LogP contribution is 2.24. The van der Waals surface area contributed by atoms with Gasteiger partial charge in [0.15, 0.2) is 0 Å². The van der Waals surface area contributed by atoms with Crippen molar-refractivity contribution in [1.29, 1.82) is 0 Å². The number of fused-ring (bicyclic) bond motifs is 1. The molecule has 29 heavy (non-hydrogen) atoms. The minimum absolute atomic E-state index is 0.00471. The van der Waals surface area contributed by atoms with Crippen LogP contribution in [0, 0.1) is 5.92 Å². The Labute approximate surface area is 171 Å². The Morgan fingerprint density at radius 3 is 2.28 bits per heavy atom. The lowest BCUT2D eigenvalue weighted by molar-refractivity contribution is -0.126. The van der Waals surface area contributed by atoms with Gasteiger partial charge >= 0.3 is 0 Å². The Morgan fingerprint density at radius 2 is 1.55 bits per heavy atom. The zero-order valence-corrected chi connectivity index (χ0v) is 16.9. The molecule has 1 fully saturated rings. The number of carbonyl (C=O) groups is 1. The van der Waals surface area contributed by atoms with Gasteiger partial charge in [0.2, 0.25) is 15.9 Å². The van der Waals surface area contributed by atoms with E-state index in [2.05, 4.69) is 29.6 Å². The van der Waals surface area contributed by atoms with Crippen molar-refractivity contribution in [3.8, 4) is 0 Å². The molecule has 0 aromatic heterocycles. The minimum Gasteiger partial charge on any atom is -0.352 e. The molecule has 1 aliphatic heterocycles. The van der Waals surface area contributed by atoms with Crippen LogP contribution in [-0.4, -0.2) is 31.7 Å². The second kappa shape index (κ2) is 8.35. The standard InChI is InChI=1S/C23H24N2O3S/c26-23(24-17-18-10-11-19-6-4-5-7-21(19)16-18)20-12-14-25(15-13-20)29(27,28)22-8-2-1-3-9-22/h1-11,16,20H,12-15,17H2,(H,24,26). The molecule has 1 N–H and O–H groups in total. The molecule has 0 bridgehead atoms. The third kappa shape index (κ3) is 4.33. The molecule has 0 spiro atoms. The first kappa shape index (κ1) is 19.6. The maximum atomic E-state index is 12.7. The monoisotopic (exact) mass is 408 g/mol. The summed E-state index contributed by atoms with van der Waals surface area (Å²) >= 11 is 0. The van der Waals surface area contributed by atoms with E-state index in [0.29, 0.717) is 37.4 Å². The van der Waals surface area contributed by atoms with Crippen molar-refractivity contribution in [2.45, 2.75) is 24.3 Å². The normalized spacial score (nSPS) is 16.0. The van der Waals surface area contributed by atoms with Gasteiger partial charge in [0.1, 0.15) is 0 Å². The zero-order valence-electron chi connectivity index (χ0n) is 16.1. The van der Waals surface area contributed by atoms with E-state index in [1.807, 2.05) is 18.2 Å². The number of nitrogens with zero attached hydrogens (tertiary/aromatic N) is 1. The van der Waals surface area contributed by atoms with Gasteiger partial charge in [-0.3, -0.25) is 4.79 Å². The fourth-order valence-electron chi connectivity index (χ4n) is 3.78. The summed E-state index contributed by atoms with van der Waals surface area (Å²) in [6, 6.07) is 22.8. The van der Waals surface area contributed by atoms with Gasteiger partial charge < -0.3 is 5.32 Å². The fourth-order valence-corrected chi connectivity index (χ4v) is 5.27. The molecule has 1 heterocycles. The average Bonchev–Trinajstić information content (AvgIpc) is 2.78. The fraction of sp³-hybridized carbons (Fsp3) is 0.261. The van der Waals surface area contributed by atoms with Gasteiger partial charge in [-0.2, -0.15) is 4.31 Å². The van der Waals surface area contributed by atoms with Crippen molar-refractivity contribution >= 4 is 26.7 Å². The Kier molecular flexibility index (Phi) is 5.65. The van der Waals surface area contributed by atoms with Crippen LogP contribution in [0.25, 0.3) is 10.8 Å². The summed E-state index contributed by atoms with van der Waals surface area (Å²) < 4.78 is 26.9. The van der Waals surface area contributed by atoms with Gasteiger partial charge in [0.25, 0.3) is 0 Å². The van der Waals surface area contributed by atoms with E-state index in [4.69, 9.17) is 0 Å². The second-order valence-electron chi connectivity index (χ2n) is 7.39. The van der Waals surface area contributed by atoms with Crippen LogP contribution in [0.1, 0.15) is 18.4 Å². The number of carbonyl (C=O) groups excluding carboxylic acids is 1. The predicted octanol–water partition coefficient (Wildman–Crippen LogP) is 3.56. The van der Waals surface area contributed by atoms with E-state index in [0.717, 1.165) is 10.9 Å². The zero-order chi connectivity index (χ0) is 20.3. The number of sulfonamides is 1. The number of nitrogens with one attached hydrogen (secondary N) is 1. The topological polar surface area (TPSA) is 66.5 Å². The van der Waals surface area contributed by atoms with E-state index in [9.17, 15) is 13.2 Å². The van der Waals surface area contributed by atoms with Crippen LogP contribution in [0.2, 0.25) is 0 Å². The minimum atomic E-state index is -3.49. The summed E-state index contributed by atoms with van der Waals surface area (Å²) in [6.45, 7) is 1.21. The third-order valence-corrected chi connectivity index (χ3v) is 7.40. The summed E-state index contributed by atoms with van der Waals surface area (Å²) in [5.41, 5.74) is 1.06. The van der Waals surface area contributed by atoms with Gasteiger partial charge in [-0.25, -0.2) is 8.42 Å². The van der Waals surface area contributed by atoms with Crippen LogP contribution in [0.3, 0.4) is 0 Å². The highest BCUT2D eigenvalue weighted by Gasteiger charge is 2.31. The highest BCUT2D eigenvalue weighted by atomic mass is 32.2. The number of rotatable bonds is 5. The molecule has 4 rings (SSSR count). The predicted molar refractivity (Wildman–Crippen MR) is 114 cm³/mol. The van der Waals surface area contributed by atoms with Gasteiger partial charge in [0, 0.05) is 25.6 Å². The van der Waals surface area contributed by atoms with Crippen LogP contribution in [0.4, 0.5) is 0 Å². The molecular formula is C23H24N2O3S. The first-order valence-electron chi connectivity index (χ1n) is 9.84. The van der Waals surface area contributed by atoms with Gasteiger partial charge in [-0.05, 0) is 47.4 Å². The summed E-state index contributed by atoms with van der Waals surface area (Å²) in [7, 11) is -3.49. The maximum absolute atomic E-state index is 12.7. The van der Waals surface area contributed by atoms with Crippen LogP contribution >= 0.6 is 0 Å². The molecule has 150 valence electrons. The summed E-state index contributed by atoms with van der Waals surface area (Å²) in [6.07, 6.45) is 1.07. The molecule has 3 aromatic carbocycles. The SMILES string of the molecule is O=C(NCc1ccc2ccccc2c1)C1CCN(S(=O)(=O)c2ccccc2)CC1. The van der Waals surface area contributed by atoms with Crippen LogP contribution < -0.4 is 5.32 Å². The number of benzene rings is 3. The Balaban J connectivity index is 1.33. The van der Waals surface area contributed by atoms with Crippen LogP contribution in [0.15, 0.2) is 77.7 Å². The molecule has 3 aromatic rings. The largest absolute Gasteiger partial charge is 0.352 e. The van der Waals surface area contributed by atoms with E-state index < -0.39 is 10.0 Å². The quantitative estimate of drug-likeness (QED) is 0.702. The Hall–Kier alpha value is -2.70. The number of hydrogen-bond donors (Lipinski definition) is 1. The second-order valence-corrected chi connectivity index (χ2v) is 9.33. The van der Waals surface area contributed by atoms with Gasteiger partial charge in [-0.15, -0.1) is 0 Å². The van der Waals surface area contributed by atoms with E-state index in [1.165, 1.54) is 9.69 Å². The molecule has 0 radical (unpaired) electrons. The molecule has 1 amide bonds. The maximum Gasteiger partial charge on any atom is 0.243 e. The van der Waals surface area contributed by atoms with Gasteiger partial charge in [0.05, 0.1) is 4.90 Å². The highest BCUT2D eigenvalue weighted by molar-refractivity contribution is 7.89. The molecule has 0 atom stereocenters. The molecule has 0 saturated carbocycles. The Morgan fingerprint density at radius 1 is 0.897 bits per heavy atom. The van der Waals surface area contributed by atoms with E-state index in [1.54, 1.807) is 30.3 Å². The van der Waals surface area contributed by atoms with Gasteiger partial charge in [-0.1, -0.05) is 54.6 Å². The van der Waals surface area contributed by atoms with Crippen molar-refractivity contribution in [2.75, 3.05) is 13.1 Å². The van der Waals surface area contributed by atoms with Crippen LogP contribution in [0.5, 0.6) is 0 Å². The summed E-state index contributed by atoms with van der Waals surface area (Å²) in [5.74, 6) is -0.160. The van der Waals surface area contributed by atoms with Crippen molar-refractivity contribution in [3.63, 3.8) is 0 Å². The molecule has 6 heteroatoms. The number of hydrogen-bond acceptors (Lipinski definition) is 3. The summed E-state index contributed by atoms with van der Waals surface area (Å²) in [5, 5.41) is 5.34. The molecule has 0 aliphatic carbocycles. The summed E-state index contributed by atoms with van der Waals surface area (Å²) in [4.78, 5) is 12.9. The first-order chi connectivity index (χ1) is 14.0. The Bertz CT molecular complexity index is 1110. The van der Waals surface area contributed by atoms with E-state index in [-0.39, 0.29) is 11.8 Å². The number of piperidine rings is 1. The van der Waals surface area contributed by atoms with Crippen molar-refractivity contribution in [3.05, 3.63) is 78.4 Å². The van der Waals surface area contributed by atoms with E-state index >= 15 is 0 Å². The van der Waals surface area contributed by atoms with Crippen molar-refractivity contribution < 1.29 is 13.2 Å². The molecule has 0 unspecified atom stereocenters. The third-order valence-electron chi connectivity index (χ3n) is 5.49. The molecule has 1 aliphatic rings. The first-order valence-corrected chi connectivity index (χ1v) is 11.3. The molecule has 1 saturated heterocycles.